The molecule has 0 N–H and O–H groups in total. The van der Waals surface area contributed by atoms with E-state index in [1.54, 1.807) is 0 Å². The number of benzene rings is 1. The molecule has 1 aromatic heterocycles. The fourth-order valence-electron chi connectivity index (χ4n) is 3.33. The Morgan fingerprint density at radius 3 is 2.86 bits per heavy atom. The van der Waals surface area contributed by atoms with E-state index in [0.29, 0.717) is 0 Å². The van der Waals surface area contributed by atoms with Crippen LogP contribution in [0.5, 0.6) is 0 Å². The minimum atomic E-state index is 0.0613. The normalized spacial score (nSPS) is 19.3. The van der Waals surface area contributed by atoms with E-state index < -0.39 is 0 Å². The summed E-state index contributed by atoms with van der Waals surface area (Å²) in [5, 5.41) is 1.17. The van der Waals surface area contributed by atoms with Crippen LogP contribution in [0.1, 0.15) is 49.9 Å². The molecule has 21 heavy (non-hydrogen) atoms. The summed E-state index contributed by atoms with van der Waals surface area (Å²) in [7, 11) is 0. The van der Waals surface area contributed by atoms with Crippen molar-refractivity contribution in [2.24, 2.45) is 5.92 Å². The maximum atomic E-state index is 14.4. The Balaban J connectivity index is 2.17. The Morgan fingerprint density at radius 1 is 1.29 bits per heavy atom. The van der Waals surface area contributed by atoms with Crippen LogP contribution in [0.2, 0.25) is 0 Å². The van der Waals surface area contributed by atoms with E-state index in [1.807, 2.05) is 26.0 Å². The number of hydrogen-bond acceptors (Lipinski definition) is 1. The lowest BCUT2D eigenvalue weighted by Gasteiger charge is -2.21. The van der Waals surface area contributed by atoms with E-state index in [1.165, 1.54) is 10.9 Å². The van der Waals surface area contributed by atoms with Gasteiger partial charge in [0.25, 0.3) is 0 Å². The molecule has 0 bridgehead atoms. The standard InChI is InChI=1S/C19H22FN/c1-4-14-10-13(3)21-18-9-8-15(11-17(14)18)16-7-5-6-12(2)19(16)20/h8-12H,4-7H2,1-3H3. The highest BCUT2D eigenvalue weighted by molar-refractivity contribution is 5.86. The fraction of sp³-hybridized carbons (Fsp3) is 0.421. The third-order valence-corrected chi connectivity index (χ3v) is 4.54. The van der Waals surface area contributed by atoms with Gasteiger partial charge in [0.1, 0.15) is 5.83 Å². The number of aromatic nitrogens is 1. The number of rotatable bonds is 2. The lowest BCUT2D eigenvalue weighted by atomic mass is 9.86. The maximum absolute atomic E-state index is 14.4. The zero-order valence-corrected chi connectivity index (χ0v) is 13.0. The van der Waals surface area contributed by atoms with Gasteiger partial charge >= 0.3 is 0 Å². The summed E-state index contributed by atoms with van der Waals surface area (Å²) in [6.45, 7) is 6.17. The minimum Gasteiger partial charge on any atom is -0.253 e. The quantitative estimate of drug-likeness (QED) is 0.698. The van der Waals surface area contributed by atoms with Gasteiger partial charge in [-0.05, 0) is 67.5 Å². The van der Waals surface area contributed by atoms with E-state index in [9.17, 15) is 4.39 Å². The Bertz CT molecular complexity index is 715. The van der Waals surface area contributed by atoms with Gasteiger partial charge in [0, 0.05) is 17.0 Å². The van der Waals surface area contributed by atoms with Crippen LogP contribution in [0.4, 0.5) is 4.39 Å². The second-order valence-corrected chi connectivity index (χ2v) is 6.13. The Kier molecular flexibility index (Phi) is 3.79. The predicted molar refractivity (Wildman–Crippen MR) is 86.9 cm³/mol. The molecule has 0 saturated heterocycles. The van der Waals surface area contributed by atoms with Gasteiger partial charge in [-0.15, -0.1) is 0 Å². The highest BCUT2D eigenvalue weighted by Crippen LogP contribution is 2.37. The molecule has 110 valence electrons. The van der Waals surface area contributed by atoms with Crippen LogP contribution in [0, 0.1) is 12.8 Å². The molecule has 1 atom stereocenters. The topological polar surface area (TPSA) is 12.9 Å². The molecule has 1 aromatic carbocycles. The van der Waals surface area contributed by atoms with Crippen molar-refractivity contribution in [1.29, 1.82) is 0 Å². The van der Waals surface area contributed by atoms with Crippen molar-refractivity contribution in [3.8, 4) is 0 Å². The number of halogens is 1. The molecular weight excluding hydrogens is 261 g/mol. The van der Waals surface area contributed by atoms with Gasteiger partial charge in [0.2, 0.25) is 0 Å². The highest BCUT2D eigenvalue weighted by atomic mass is 19.1. The van der Waals surface area contributed by atoms with Crippen molar-refractivity contribution in [1.82, 2.24) is 4.98 Å². The Hall–Kier alpha value is -1.70. The number of hydrogen-bond donors (Lipinski definition) is 0. The van der Waals surface area contributed by atoms with Crippen molar-refractivity contribution < 1.29 is 4.39 Å². The van der Waals surface area contributed by atoms with Crippen molar-refractivity contribution in [2.45, 2.75) is 46.5 Å². The SMILES string of the molecule is CCc1cc(C)nc2ccc(C3=C(F)C(C)CCC3)cc12. The monoisotopic (exact) mass is 283 g/mol. The molecule has 0 spiro atoms. The molecule has 0 aliphatic heterocycles. The van der Waals surface area contributed by atoms with E-state index in [4.69, 9.17) is 0 Å². The molecule has 2 heteroatoms. The largest absolute Gasteiger partial charge is 0.253 e. The van der Waals surface area contributed by atoms with Crippen LogP contribution in [0.3, 0.4) is 0 Å². The zero-order valence-electron chi connectivity index (χ0n) is 13.0. The summed E-state index contributed by atoms with van der Waals surface area (Å²) in [5.74, 6) is 0.143. The molecule has 0 radical (unpaired) electrons. The minimum absolute atomic E-state index is 0.0613. The van der Waals surface area contributed by atoms with Crippen LogP contribution < -0.4 is 0 Å². The molecular formula is C19H22FN. The van der Waals surface area contributed by atoms with Crippen LogP contribution in [-0.2, 0) is 6.42 Å². The van der Waals surface area contributed by atoms with Crippen LogP contribution in [0.25, 0.3) is 16.5 Å². The van der Waals surface area contributed by atoms with Crippen molar-refractivity contribution in [3.63, 3.8) is 0 Å². The third-order valence-electron chi connectivity index (χ3n) is 4.54. The van der Waals surface area contributed by atoms with Gasteiger partial charge in [-0.2, -0.15) is 0 Å². The van der Waals surface area contributed by atoms with Gasteiger partial charge in [0.05, 0.1) is 5.52 Å². The smallest absolute Gasteiger partial charge is 0.106 e. The molecule has 1 heterocycles. The van der Waals surface area contributed by atoms with Crippen molar-refractivity contribution >= 4 is 16.5 Å². The second kappa shape index (κ2) is 5.59. The maximum Gasteiger partial charge on any atom is 0.106 e. The summed E-state index contributed by atoms with van der Waals surface area (Å²) in [6.07, 6.45) is 3.86. The van der Waals surface area contributed by atoms with Gasteiger partial charge in [-0.3, -0.25) is 4.98 Å². The van der Waals surface area contributed by atoms with Crippen molar-refractivity contribution in [3.05, 3.63) is 46.9 Å². The number of aryl methyl sites for hydroxylation is 2. The van der Waals surface area contributed by atoms with Gasteiger partial charge in [0.15, 0.2) is 0 Å². The number of nitrogens with zero attached hydrogens (tertiary/aromatic N) is 1. The first-order valence-corrected chi connectivity index (χ1v) is 7.89. The summed E-state index contributed by atoms with van der Waals surface area (Å²) >= 11 is 0. The lowest BCUT2D eigenvalue weighted by molar-refractivity contribution is 0.440. The molecule has 1 unspecified atom stereocenters. The summed E-state index contributed by atoms with van der Waals surface area (Å²) < 4.78 is 14.4. The van der Waals surface area contributed by atoms with Crippen LogP contribution in [-0.4, -0.2) is 4.98 Å². The first kappa shape index (κ1) is 14.2. The number of pyridine rings is 1. The molecule has 1 aliphatic rings. The second-order valence-electron chi connectivity index (χ2n) is 6.13. The van der Waals surface area contributed by atoms with E-state index >= 15 is 0 Å². The highest BCUT2D eigenvalue weighted by Gasteiger charge is 2.21. The van der Waals surface area contributed by atoms with Crippen LogP contribution in [0.15, 0.2) is 30.1 Å². The third kappa shape index (κ3) is 2.59. The molecule has 0 fully saturated rings. The van der Waals surface area contributed by atoms with Crippen molar-refractivity contribution in [2.75, 3.05) is 0 Å². The average molecular weight is 283 g/mol. The number of allylic oxidation sites excluding steroid dienone is 2. The molecule has 3 rings (SSSR count). The zero-order chi connectivity index (χ0) is 15.0. The molecule has 0 amide bonds. The van der Waals surface area contributed by atoms with E-state index in [0.717, 1.165) is 48.0 Å². The first-order chi connectivity index (χ1) is 10.1. The van der Waals surface area contributed by atoms with Crippen LogP contribution >= 0.6 is 0 Å². The summed E-state index contributed by atoms with van der Waals surface area (Å²) in [5.41, 5.74) is 5.29. The predicted octanol–water partition coefficient (Wildman–Crippen LogP) is 5.61. The summed E-state index contributed by atoms with van der Waals surface area (Å²) in [4.78, 5) is 4.59. The Labute approximate surface area is 125 Å². The fourth-order valence-corrected chi connectivity index (χ4v) is 3.33. The number of fused-ring (bicyclic) bond motifs is 1. The molecule has 0 saturated carbocycles. The molecule has 1 aliphatic carbocycles. The van der Waals surface area contributed by atoms with Gasteiger partial charge < -0.3 is 0 Å². The van der Waals surface area contributed by atoms with Gasteiger partial charge in [-0.25, -0.2) is 4.39 Å². The summed E-state index contributed by atoms with van der Waals surface area (Å²) in [6, 6.07) is 8.34. The average Bonchev–Trinajstić information content (AvgIpc) is 2.49. The molecule has 2 aromatic rings. The Morgan fingerprint density at radius 2 is 2.10 bits per heavy atom. The van der Waals surface area contributed by atoms with Gasteiger partial charge in [-0.1, -0.05) is 19.9 Å². The van der Waals surface area contributed by atoms with E-state index in [2.05, 4.69) is 24.0 Å². The first-order valence-electron chi connectivity index (χ1n) is 7.89. The molecule has 1 nitrogen and oxygen atoms in total. The lowest BCUT2D eigenvalue weighted by Crippen LogP contribution is -2.05. The van der Waals surface area contributed by atoms with E-state index in [-0.39, 0.29) is 11.7 Å².